The van der Waals surface area contributed by atoms with Gasteiger partial charge in [0.25, 0.3) is 5.91 Å². The Morgan fingerprint density at radius 1 is 1.12 bits per heavy atom. The minimum Gasteiger partial charge on any atom is -0.368 e. The number of nitrogens with two attached hydrogens (primary N) is 1. The van der Waals surface area contributed by atoms with E-state index in [9.17, 15) is 9.59 Å². The summed E-state index contributed by atoms with van der Waals surface area (Å²) in [5, 5.41) is 3.84. The third kappa shape index (κ3) is 4.10. The first kappa shape index (κ1) is 16.9. The van der Waals surface area contributed by atoms with Crippen molar-refractivity contribution in [2.24, 2.45) is 5.73 Å². The maximum atomic E-state index is 12.5. The molecule has 0 saturated heterocycles. The summed E-state index contributed by atoms with van der Waals surface area (Å²) in [7, 11) is 0. The van der Waals surface area contributed by atoms with E-state index in [2.05, 4.69) is 15.3 Å². The van der Waals surface area contributed by atoms with Crippen molar-refractivity contribution in [1.29, 1.82) is 0 Å². The van der Waals surface area contributed by atoms with Gasteiger partial charge in [0.15, 0.2) is 0 Å². The van der Waals surface area contributed by atoms with Crippen LogP contribution < -0.4 is 11.1 Å². The van der Waals surface area contributed by atoms with Crippen molar-refractivity contribution in [3.8, 4) is 0 Å². The highest BCUT2D eigenvalue weighted by atomic mass is 35.5. The molecule has 1 aromatic carbocycles. The molecule has 0 aliphatic carbocycles. The fraction of sp³-hybridized carbons (Fsp3) is 0.111. The number of rotatable bonds is 5. The van der Waals surface area contributed by atoms with Crippen molar-refractivity contribution in [3.05, 3.63) is 71.1 Å². The van der Waals surface area contributed by atoms with Gasteiger partial charge in [0.05, 0.1) is 11.1 Å². The number of benzene rings is 1. The first-order valence-electron chi connectivity index (χ1n) is 7.58. The zero-order valence-electron chi connectivity index (χ0n) is 13.1. The molecule has 0 bridgehead atoms. The number of hydrogen-bond acceptors (Lipinski definition) is 4. The Kier molecular flexibility index (Phi) is 4.90. The van der Waals surface area contributed by atoms with E-state index in [0.717, 1.165) is 16.5 Å². The van der Waals surface area contributed by atoms with E-state index in [4.69, 9.17) is 17.3 Å². The number of aromatic nitrogens is 2. The number of carbonyl (C=O) groups excluding carboxylic acids is 2. The van der Waals surface area contributed by atoms with E-state index < -0.39 is 17.9 Å². The predicted octanol–water partition coefficient (Wildman–Crippen LogP) is 2.11. The molecule has 6 nitrogen and oxygen atoms in total. The largest absolute Gasteiger partial charge is 0.368 e. The van der Waals surface area contributed by atoms with E-state index in [1.54, 1.807) is 24.4 Å². The van der Waals surface area contributed by atoms with E-state index >= 15 is 0 Å². The second-order valence-corrected chi connectivity index (χ2v) is 5.93. The summed E-state index contributed by atoms with van der Waals surface area (Å²) in [6.45, 7) is 0. The number of primary amides is 1. The lowest BCUT2D eigenvalue weighted by Gasteiger charge is -2.15. The SMILES string of the molecule is NC(=O)[C@H](Cc1ccc(Cl)nc1)NC(=O)c1cnc2ccccc2c1. The zero-order valence-corrected chi connectivity index (χ0v) is 13.9. The van der Waals surface area contributed by atoms with Crippen molar-refractivity contribution >= 4 is 34.3 Å². The van der Waals surface area contributed by atoms with E-state index in [0.29, 0.717) is 10.7 Å². The number of halogens is 1. The second-order valence-electron chi connectivity index (χ2n) is 5.54. The number of para-hydroxylation sites is 1. The minimum absolute atomic E-state index is 0.228. The van der Waals surface area contributed by atoms with Gasteiger partial charge in [-0.2, -0.15) is 0 Å². The average Bonchev–Trinajstić information content (AvgIpc) is 2.62. The Bertz CT molecular complexity index is 928. The lowest BCUT2D eigenvalue weighted by Crippen LogP contribution is -2.45. The van der Waals surface area contributed by atoms with Crippen LogP contribution >= 0.6 is 11.6 Å². The molecule has 0 spiro atoms. The fourth-order valence-electron chi connectivity index (χ4n) is 2.42. The molecule has 0 radical (unpaired) electrons. The first-order chi connectivity index (χ1) is 12.0. The van der Waals surface area contributed by atoms with Gasteiger partial charge in [-0.15, -0.1) is 0 Å². The number of carbonyl (C=O) groups is 2. The van der Waals surface area contributed by atoms with Crippen LogP contribution in [0.2, 0.25) is 5.15 Å². The van der Waals surface area contributed by atoms with Crippen LogP contribution in [0.3, 0.4) is 0 Å². The molecule has 25 heavy (non-hydrogen) atoms. The van der Waals surface area contributed by atoms with Crippen molar-refractivity contribution in [1.82, 2.24) is 15.3 Å². The summed E-state index contributed by atoms with van der Waals surface area (Å²) in [5.41, 5.74) is 7.31. The van der Waals surface area contributed by atoms with Crippen LogP contribution in [0.1, 0.15) is 15.9 Å². The van der Waals surface area contributed by atoms with Crippen LogP contribution in [0.15, 0.2) is 54.9 Å². The standard InChI is InChI=1S/C18H15ClN4O2/c19-16-6-5-11(9-22-16)7-15(17(20)24)23-18(25)13-8-12-3-1-2-4-14(12)21-10-13/h1-6,8-10,15H,7H2,(H2,20,24)(H,23,25)/t15-/m0/s1. The first-order valence-corrected chi connectivity index (χ1v) is 7.96. The highest BCUT2D eigenvalue weighted by Gasteiger charge is 2.20. The Morgan fingerprint density at radius 3 is 2.64 bits per heavy atom. The second kappa shape index (κ2) is 7.27. The molecular weight excluding hydrogens is 340 g/mol. The van der Waals surface area contributed by atoms with Crippen molar-refractivity contribution in [3.63, 3.8) is 0 Å². The molecular formula is C18H15ClN4O2. The maximum absolute atomic E-state index is 12.5. The molecule has 3 N–H and O–H groups in total. The molecule has 2 aromatic heterocycles. The minimum atomic E-state index is -0.859. The van der Waals surface area contributed by atoms with Gasteiger partial charge in [-0.25, -0.2) is 4.98 Å². The highest BCUT2D eigenvalue weighted by molar-refractivity contribution is 6.29. The van der Waals surface area contributed by atoms with Crippen molar-refractivity contribution < 1.29 is 9.59 Å². The molecule has 1 atom stereocenters. The maximum Gasteiger partial charge on any atom is 0.253 e. The fourth-order valence-corrected chi connectivity index (χ4v) is 2.53. The smallest absolute Gasteiger partial charge is 0.253 e. The van der Waals surface area contributed by atoms with Crippen LogP contribution in [-0.4, -0.2) is 27.8 Å². The van der Waals surface area contributed by atoms with Crippen molar-refractivity contribution in [2.75, 3.05) is 0 Å². The van der Waals surface area contributed by atoms with Crippen molar-refractivity contribution in [2.45, 2.75) is 12.5 Å². The third-order valence-corrected chi connectivity index (χ3v) is 3.95. The highest BCUT2D eigenvalue weighted by Crippen LogP contribution is 2.13. The van der Waals surface area contributed by atoms with Crippen LogP contribution in [0, 0.1) is 0 Å². The Morgan fingerprint density at radius 2 is 1.92 bits per heavy atom. The number of nitrogens with zero attached hydrogens (tertiary/aromatic N) is 2. The predicted molar refractivity (Wildman–Crippen MR) is 95.1 cm³/mol. The quantitative estimate of drug-likeness (QED) is 0.685. The summed E-state index contributed by atoms with van der Waals surface area (Å²) in [6.07, 6.45) is 3.24. The number of fused-ring (bicyclic) bond motifs is 1. The molecule has 0 unspecified atom stereocenters. The third-order valence-electron chi connectivity index (χ3n) is 3.73. The Balaban J connectivity index is 1.77. The molecule has 7 heteroatoms. The van der Waals surface area contributed by atoms with Gasteiger partial charge in [-0.1, -0.05) is 35.9 Å². The molecule has 0 fully saturated rings. The summed E-state index contributed by atoms with van der Waals surface area (Å²) < 4.78 is 0. The van der Waals surface area contributed by atoms with Gasteiger partial charge in [-0.05, 0) is 23.8 Å². The monoisotopic (exact) mass is 354 g/mol. The molecule has 3 rings (SSSR count). The topological polar surface area (TPSA) is 98.0 Å². The Labute approximate surface area is 149 Å². The van der Waals surface area contributed by atoms with E-state index in [-0.39, 0.29) is 6.42 Å². The number of nitrogens with one attached hydrogen (secondary N) is 1. The van der Waals surface area contributed by atoms with Gasteiger partial charge in [0.1, 0.15) is 11.2 Å². The lowest BCUT2D eigenvalue weighted by atomic mass is 10.1. The molecule has 0 aliphatic heterocycles. The Hall–Kier alpha value is -2.99. The number of hydrogen-bond donors (Lipinski definition) is 2. The van der Waals surface area contributed by atoms with Gasteiger partial charge in [0.2, 0.25) is 5.91 Å². The summed E-state index contributed by atoms with van der Waals surface area (Å²) >= 11 is 5.74. The summed E-state index contributed by atoms with van der Waals surface area (Å²) in [5.74, 6) is -1.04. The molecule has 2 heterocycles. The molecule has 0 saturated carbocycles. The number of pyridine rings is 2. The van der Waals surface area contributed by atoms with Gasteiger partial charge in [-0.3, -0.25) is 14.6 Å². The zero-order chi connectivity index (χ0) is 17.8. The normalized spacial score (nSPS) is 11.9. The number of amides is 2. The van der Waals surface area contributed by atoms with Crippen LogP contribution in [0.5, 0.6) is 0 Å². The molecule has 126 valence electrons. The van der Waals surface area contributed by atoms with Gasteiger partial charge in [0, 0.05) is 24.2 Å². The van der Waals surface area contributed by atoms with Gasteiger partial charge < -0.3 is 11.1 Å². The lowest BCUT2D eigenvalue weighted by molar-refractivity contribution is -0.119. The van der Waals surface area contributed by atoms with Crippen LogP contribution in [0.4, 0.5) is 0 Å². The molecule has 0 aliphatic rings. The van der Waals surface area contributed by atoms with E-state index in [1.807, 2.05) is 24.3 Å². The summed E-state index contributed by atoms with van der Waals surface area (Å²) in [4.78, 5) is 32.3. The van der Waals surface area contributed by atoms with E-state index in [1.165, 1.54) is 6.20 Å². The molecule has 3 aromatic rings. The average molecular weight is 355 g/mol. The van der Waals surface area contributed by atoms with Crippen LogP contribution in [-0.2, 0) is 11.2 Å². The summed E-state index contributed by atoms with van der Waals surface area (Å²) in [6, 6.07) is 11.7. The van der Waals surface area contributed by atoms with Crippen LogP contribution in [0.25, 0.3) is 10.9 Å². The molecule has 2 amide bonds. The van der Waals surface area contributed by atoms with Gasteiger partial charge >= 0.3 is 0 Å².